The normalized spacial score (nSPS) is 8.29. The fraction of sp³-hybridized carbons (Fsp3) is 0. The molecule has 5 N–H and O–H groups in total. The van der Waals surface area contributed by atoms with Gasteiger partial charge in [0, 0.05) is 5.12 Å². The van der Waals surface area contributed by atoms with Gasteiger partial charge in [0.2, 0.25) is 0 Å². The van der Waals surface area contributed by atoms with E-state index in [0.29, 0.717) is 5.12 Å². The molecule has 0 unspecified atom stereocenters. The molecule has 0 rings (SSSR count). The summed E-state index contributed by atoms with van der Waals surface area (Å²) < 4.78 is 0. The third-order valence-corrected chi connectivity index (χ3v) is 0.343. The summed E-state index contributed by atoms with van der Waals surface area (Å²) in [5.41, 5.74) is 7.03. The van der Waals surface area contributed by atoms with Crippen LogP contribution in [0.5, 0.6) is 0 Å². The van der Waals surface area contributed by atoms with E-state index in [1.807, 2.05) is 0 Å². The van der Waals surface area contributed by atoms with Crippen LogP contribution in [0.2, 0.25) is 0 Å². The molecule has 0 aromatic carbocycles. The fourth-order valence-electron chi connectivity index (χ4n) is 0.0482. The van der Waals surface area contributed by atoms with Gasteiger partial charge in [-0.15, -0.1) is 0 Å². The van der Waals surface area contributed by atoms with Gasteiger partial charge in [-0.1, -0.05) is 0 Å². The smallest absolute Gasteiger partial charge is 0.364 e. The van der Waals surface area contributed by atoms with Crippen LogP contribution in [0.1, 0.15) is 0 Å². The standard InChI is InChI=1S/CH5N6/c2-1(3)7(5)6-4/h5H2,(H3,2,3)/q+1. The lowest BCUT2D eigenvalue weighted by atomic mass is 11.1. The van der Waals surface area contributed by atoms with Gasteiger partial charge in [0.25, 0.3) is 5.96 Å². The van der Waals surface area contributed by atoms with Crippen LogP contribution in [0.15, 0.2) is 0 Å². The monoisotopic (exact) mass is 101 g/mol. The van der Waals surface area contributed by atoms with Crippen LogP contribution < -0.4 is 23.0 Å². The molecular formula is CH5N6+. The van der Waals surface area contributed by atoms with E-state index in [9.17, 15) is 0 Å². The minimum atomic E-state index is -0.512. The van der Waals surface area contributed by atoms with Crippen molar-refractivity contribution in [2.24, 2.45) is 11.6 Å². The van der Waals surface area contributed by atoms with Gasteiger partial charge in [0.1, 0.15) is 0 Å². The summed E-state index contributed by atoms with van der Waals surface area (Å²) in [6, 6.07) is 0. The van der Waals surface area contributed by atoms with E-state index in [-0.39, 0.29) is 0 Å². The highest BCUT2D eigenvalue weighted by atomic mass is 15.8. The number of nitrogens with one attached hydrogen (secondary N) is 1. The lowest BCUT2D eigenvalue weighted by Crippen LogP contribution is -2.46. The zero-order chi connectivity index (χ0) is 5.86. The van der Waals surface area contributed by atoms with Gasteiger partial charge in [0.15, 0.2) is 0 Å². The molecule has 0 atom stereocenters. The third kappa shape index (κ3) is 1.93. The van der Waals surface area contributed by atoms with Crippen molar-refractivity contribution < 1.29 is 0 Å². The van der Waals surface area contributed by atoms with Crippen molar-refractivity contribution in [2.45, 2.75) is 0 Å². The van der Waals surface area contributed by atoms with Crippen LogP contribution >= 0.6 is 0 Å². The van der Waals surface area contributed by atoms with E-state index in [1.54, 1.807) is 0 Å². The molecule has 38 valence electrons. The van der Waals surface area contributed by atoms with Crippen molar-refractivity contribution in [1.82, 2.24) is 16.5 Å². The third-order valence-electron chi connectivity index (χ3n) is 0.343. The Balaban J connectivity index is 3.34. The Kier molecular flexibility index (Phi) is 2.06. The molecule has 0 saturated heterocycles. The summed E-state index contributed by atoms with van der Waals surface area (Å²) in [6.07, 6.45) is 0. The molecule has 0 fully saturated rings. The van der Waals surface area contributed by atoms with Crippen molar-refractivity contribution in [3.63, 3.8) is 0 Å². The summed E-state index contributed by atoms with van der Waals surface area (Å²) >= 11 is 0. The van der Waals surface area contributed by atoms with Gasteiger partial charge in [-0.2, -0.15) is 5.84 Å². The summed E-state index contributed by atoms with van der Waals surface area (Å²) in [6.45, 7) is 0. The molecule has 0 bridgehead atoms. The van der Waals surface area contributed by atoms with Gasteiger partial charge in [0.05, 0.1) is 0 Å². The van der Waals surface area contributed by atoms with Gasteiger partial charge < -0.3 is 5.73 Å². The molecule has 0 aliphatic carbocycles. The summed E-state index contributed by atoms with van der Waals surface area (Å²) in [7, 11) is 0. The molecule has 0 amide bonds. The predicted molar refractivity (Wildman–Crippen MR) is 22.2 cm³/mol. The van der Waals surface area contributed by atoms with Crippen LogP contribution in [0, 0.1) is 5.41 Å². The second-order valence-corrected chi connectivity index (χ2v) is 0.819. The number of hydrogen-bond donors (Lipinski definition) is 3. The van der Waals surface area contributed by atoms with Crippen LogP contribution in [0.25, 0.3) is 0 Å². The molecule has 7 heavy (non-hydrogen) atoms. The fourth-order valence-corrected chi connectivity index (χ4v) is 0.0482. The zero-order valence-corrected chi connectivity index (χ0v) is 3.50. The Morgan fingerprint density at radius 1 is 1.86 bits per heavy atom. The number of nitrogens with zero attached hydrogens (tertiary/aromatic N) is 3. The average molecular weight is 101 g/mol. The highest BCUT2D eigenvalue weighted by Crippen LogP contribution is 1.58. The first-order valence-electron chi connectivity index (χ1n) is 1.42. The maximum atomic E-state index is 7.71. The topological polar surface area (TPSA) is 116 Å². The highest BCUT2D eigenvalue weighted by Gasteiger charge is 2.12. The van der Waals surface area contributed by atoms with Crippen molar-refractivity contribution in [1.29, 1.82) is 5.41 Å². The van der Waals surface area contributed by atoms with E-state index in [4.69, 9.17) is 11.3 Å². The molecular weight excluding hydrogens is 96.1 g/mol. The van der Waals surface area contributed by atoms with Gasteiger partial charge in [-0.05, 0) is 0 Å². The highest BCUT2D eigenvalue weighted by molar-refractivity contribution is 5.73. The SMILES string of the molecule is [N][N+]N(N)C(=N)N. The minimum Gasteiger partial charge on any atom is -0.364 e. The summed E-state index contributed by atoms with van der Waals surface area (Å²) in [5.74, 6) is 11.9. The van der Waals surface area contributed by atoms with Crippen LogP contribution in [0.3, 0.4) is 0 Å². The average Bonchev–Trinajstić information content (AvgIpc) is 1.65. The lowest BCUT2D eigenvalue weighted by Gasteiger charge is -1.91. The molecule has 0 heterocycles. The van der Waals surface area contributed by atoms with E-state index in [2.05, 4.69) is 17.1 Å². The summed E-state index contributed by atoms with van der Waals surface area (Å²) in [5, 5.41) is 6.76. The maximum absolute atomic E-state index is 7.71. The van der Waals surface area contributed by atoms with E-state index < -0.39 is 5.96 Å². The molecule has 4 radical (unpaired) electrons. The first-order chi connectivity index (χ1) is 3.18. The van der Waals surface area contributed by atoms with Crippen molar-refractivity contribution >= 4 is 5.96 Å². The molecule has 0 aromatic rings. The van der Waals surface area contributed by atoms with Crippen LogP contribution in [0.4, 0.5) is 0 Å². The second-order valence-electron chi connectivity index (χ2n) is 0.819. The van der Waals surface area contributed by atoms with Crippen molar-refractivity contribution in [3.8, 4) is 0 Å². The maximum Gasteiger partial charge on any atom is 0.404 e. The molecule has 0 saturated carbocycles. The molecule has 6 nitrogen and oxygen atoms in total. The Labute approximate surface area is 40.7 Å². The number of guanidine groups is 1. The predicted octanol–water partition coefficient (Wildman–Crippen LogP) is -2.44. The zero-order valence-electron chi connectivity index (χ0n) is 3.50. The molecule has 0 aliphatic rings. The minimum absolute atomic E-state index is 0.333. The Morgan fingerprint density at radius 2 is 2.29 bits per heavy atom. The summed E-state index contributed by atoms with van der Waals surface area (Å²) in [4.78, 5) is 0. The Morgan fingerprint density at radius 3 is 2.29 bits per heavy atom. The van der Waals surface area contributed by atoms with Crippen molar-refractivity contribution in [3.05, 3.63) is 0 Å². The van der Waals surface area contributed by atoms with Gasteiger partial charge in [-0.25, -0.2) is 0 Å². The first kappa shape index (κ1) is 6.15. The number of hydrazine groups is 1. The number of nitrogens with two attached hydrogens (primary N) is 2. The molecule has 0 aliphatic heterocycles. The Bertz CT molecular complexity index is 66.6. The van der Waals surface area contributed by atoms with Crippen LogP contribution in [-0.4, -0.2) is 11.1 Å². The van der Waals surface area contributed by atoms with Crippen LogP contribution in [-0.2, 0) is 0 Å². The molecule has 6 heteroatoms. The Hall–Kier alpha value is -0.850. The largest absolute Gasteiger partial charge is 0.404 e. The van der Waals surface area contributed by atoms with E-state index >= 15 is 0 Å². The number of hydrogen-bond acceptors (Lipinski definition) is 2. The quantitative estimate of drug-likeness (QED) is 0.147. The number of rotatable bonds is 1. The van der Waals surface area contributed by atoms with Crippen molar-refractivity contribution in [2.75, 3.05) is 0 Å². The molecule has 0 aromatic heterocycles. The molecule has 0 spiro atoms. The van der Waals surface area contributed by atoms with Gasteiger partial charge >= 0.3 is 11.4 Å². The first-order valence-corrected chi connectivity index (χ1v) is 1.42. The van der Waals surface area contributed by atoms with E-state index in [0.717, 1.165) is 0 Å². The second kappa shape index (κ2) is 2.35. The van der Waals surface area contributed by atoms with Gasteiger partial charge in [-0.3, -0.25) is 5.41 Å². The lowest BCUT2D eigenvalue weighted by molar-refractivity contribution is 0.298. The van der Waals surface area contributed by atoms with E-state index in [1.165, 1.54) is 0 Å².